The number of hydrogen-bond donors (Lipinski definition) is 1. The van der Waals surface area contributed by atoms with Crippen molar-refractivity contribution in [1.82, 2.24) is 10.1 Å². The van der Waals surface area contributed by atoms with Crippen LogP contribution in [-0.2, 0) is 0 Å². The minimum atomic E-state index is -0.203. The average molecular weight is 292 g/mol. The molecule has 1 unspecified atom stereocenters. The van der Waals surface area contributed by atoms with Gasteiger partial charge in [-0.25, -0.2) is 0 Å². The van der Waals surface area contributed by atoms with Crippen LogP contribution in [0.15, 0.2) is 10.6 Å². The second-order valence-corrected chi connectivity index (χ2v) is 5.88. The summed E-state index contributed by atoms with van der Waals surface area (Å²) in [5.74, 6) is 0.861. The van der Waals surface area contributed by atoms with E-state index in [1.54, 1.807) is 6.07 Å². The summed E-state index contributed by atoms with van der Waals surface area (Å²) in [6.45, 7) is 2.05. The lowest BCUT2D eigenvalue weighted by atomic mass is 10.2. The second kappa shape index (κ2) is 5.35. The predicted molar refractivity (Wildman–Crippen MR) is 69.5 cm³/mol. The van der Waals surface area contributed by atoms with Gasteiger partial charge in [0.25, 0.3) is 5.89 Å². The number of hydrogen-bond acceptors (Lipinski definition) is 5. The van der Waals surface area contributed by atoms with E-state index in [9.17, 15) is 0 Å². The molecule has 92 valence electrons. The molecule has 0 aliphatic carbocycles. The summed E-state index contributed by atoms with van der Waals surface area (Å²) in [6, 6.07) is 1.50. The van der Waals surface area contributed by atoms with Crippen molar-refractivity contribution in [2.45, 2.75) is 25.8 Å². The van der Waals surface area contributed by atoms with Gasteiger partial charge in [0.15, 0.2) is 5.82 Å². The third kappa shape index (κ3) is 2.80. The first-order chi connectivity index (χ1) is 8.11. The van der Waals surface area contributed by atoms with Gasteiger partial charge >= 0.3 is 0 Å². The van der Waals surface area contributed by atoms with Crippen LogP contribution >= 0.6 is 34.5 Å². The molecule has 0 saturated carbocycles. The molecular weight excluding hydrogens is 281 g/mol. The molecule has 0 spiro atoms. The molecule has 2 heterocycles. The highest BCUT2D eigenvalue weighted by atomic mass is 35.5. The normalized spacial score (nSPS) is 12.9. The smallest absolute Gasteiger partial charge is 0.260 e. The Kier molecular flexibility index (Phi) is 4.04. The van der Waals surface area contributed by atoms with Crippen molar-refractivity contribution < 1.29 is 4.52 Å². The zero-order valence-corrected chi connectivity index (χ0v) is 11.4. The summed E-state index contributed by atoms with van der Waals surface area (Å²) in [4.78, 5) is 4.23. The third-order valence-electron chi connectivity index (χ3n) is 2.26. The molecule has 7 heteroatoms. The van der Waals surface area contributed by atoms with Crippen LogP contribution in [0.1, 0.15) is 31.6 Å². The lowest BCUT2D eigenvalue weighted by Crippen LogP contribution is -2.11. The number of nitrogens with zero attached hydrogens (tertiary/aromatic N) is 2. The van der Waals surface area contributed by atoms with E-state index in [0.717, 1.165) is 12.8 Å². The third-order valence-corrected chi connectivity index (χ3v) is 3.75. The molecule has 0 aliphatic heterocycles. The molecule has 0 saturated heterocycles. The first-order valence-corrected chi connectivity index (χ1v) is 6.73. The maximum absolute atomic E-state index is 6.00. The summed E-state index contributed by atoms with van der Waals surface area (Å²) in [5, 5.41) is 3.85. The van der Waals surface area contributed by atoms with E-state index < -0.39 is 0 Å². The molecule has 1 atom stereocenters. The highest BCUT2D eigenvalue weighted by Crippen LogP contribution is 2.37. The van der Waals surface area contributed by atoms with Crippen molar-refractivity contribution in [2.75, 3.05) is 0 Å². The van der Waals surface area contributed by atoms with Gasteiger partial charge in [0.05, 0.1) is 15.9 Å². The number of aromatic nitrogens is 2. The molecule has 0 amide bonds. The first kappa shape index (κ1) is 12.8. The van der Waals surface area contributed by atoms with Crippen LogP contribution in [0.3, 0.4) is 0 Å². The van der Waals surface area contributed by atoms with Crippen molar-refractivity contribution in [2.24, 2.45) is 5.73 Å². The van der Waals surface area contributed by atoms with Gasteiger partial charge in [-0.15, -0.1) is 11.3 Å². The number of thiophene rings is 1. The van der Waals surface area contributed by atoms with E-state index in [-0.39, 0.29) is 6.04 Å². The minimum absolute atomic E-state index is 0.203. The minimum Gasteiger partial charge on any atom is -0.334 e. The van der Waals surface area contributed by atoms with Crippen molar-refractivity contribution in [3.05, 3.63) is 20.6 Å². The monoisotopic (exact) mass is 291 g/mol. The van der Waals surface area contributed by atoms with Crippen molar-refractivity contribution >= 4 is 34.5 Å². The maximum Gasteiger partial charge on any atom is 0.260 e. The Labute approximate surface area is 113 Å². The molecule has 0 fully saturated rings. The van der Waals surface area contributed by atoms with Crippen LogP contribution in [0.2, 0.25) is 8.67 Å². The molecule has 0 aromatic carbocycles. The van der Waals surface area contributed by atoms with Gasteiger partial charge in [0, 0.05) is 0 Å². The Bertz CT molecular complexity index is 511. The molecule has 17 heavy (non-hydrogen) atoms. The van der Waals surface area contributed by atoms with E-state index in [2.05, 4.69) is 17.1 Å². The highest BCUT2D eigenvalue weighted by molar-refractivity contribution is 7.20. The van der Waals surface area contributed by atoms with Crippen molar-refractivity contribution in [3.8, 4) is 11.5 Å². The molecule has 2 rings (SSSR count). The van der Waals surface area contributed by atoms with E-state index >= 15 is 0 Å². The van der Waals surface area contributed by atoms with Crippen LogP contribution in [0, 0.1) is 0 Å². The predicted octanol–water partition coefficient (Wildman–Crippen LogP) is 3.90. The topological polar surface area (TPSA) is 64.9 Å². The second-order valence-electron chi connectivity index (χ2n) is 3.59. The molecule has 0 radical (unpaired) electrons. The summed E-state index contributed by atoms with van der Waals surface area (Å²) in [6.07, 6.45) is 1.78. The molecule has 2 N–H and O–H groups in total. The van der Waals surface area contributed by atoms with Crippen LogP contribution in [0.25, 0.3) is 11.5 Å². The van der Waals surface area contributed by atoms with Gasteiger partial charge in [-0.2, -0.15) is 4.98 Å². The van der Waals surface area contributed by atoms with Gasteiger partial charge in [0.2, 0.25) is 0 Å². The van der Waals surface area contributed by atoms with Crippen molar-refractivity contribution in [1.29, 1.82) is 0 Å². The zero-order chi connectivity index (χ0) is 12.4. The summed E-state index contributed by atoms with van der Waals surface area (Å²) in [7, 11) is 0. The summed E-state index contributed by atoms with van der Waals surface area (Å²) in [5.41, 5.74) is 6.56. The van der Waals surface area contributed by atoms with Gasteiger partial charge in [-0.05, 0) is 12.5 Å². The van der Waals surface area contributed by atoms with Crippen molar-refractivity contribution in [3.63, 3.8) is 0 Å². The lowest BCUT2D eigenvalue weighted by Gasteiger charge is -2.02. The fourth-order valence-electron chi connectivity index (χ4n) is 1.42. The number of nitrogens with two attached hydrogens (primary N) is 1. The summed E-state index contributed by atoms with van der Waals surface area (Å²) >= 11 is 13.1. The Morgan fingerprint density at radius 1 is 1.53 bits per heavy atom. The molecule has 0 aliphatic rings. The van der Waals surface area contributed by atoms with Gasteiger partial charge < -0.3 is 10.3 Å². The standard InChI is InChI=1S/C10H11Cl2N3OS/c1-2-3-6(13)9-14-10(16-15-9)5-4-7(11)17-8(5)12/h4,6H,2-3,13H2,1H3. The molecule has 2 aromatic heterocycles. The fraction of sp³-hybridized carbons (Fsp3) is 0.400. The van der Waals surface area contributed by atoms with Gasteiger partial charge in [0.1, 0.15) is 4.34 Å². The van der Waals surface area contributed by atoms with Gasteiger partial charge in [-0.1, -0.05) is 41.7 Å². The van der Waals surface area contributed by atoms with E-state index in [0.29, 0.717) is 26.0 Å². The quantitative estimate of drug-likeness (QED) is 0.928. The van der Waals surface area contributed by atoms with Crippen LogP contribution in [0.4, 0.5) is 0 Å². The largest absolute Gasteiger partial charge is 0.334 e. The first-order valence-electron chi connectivity index (χ1n) is 5.16. The Morgan fingerprint density at radius 3 is 2.88 bits per heavy atom. The highest BCUT2D eigenvalue weighted by Gasteiger charge is 2.18. The van der Waals surface area contributed by atoms with E-state index in [4.69, 9.17) is 33.5 Å². The number of halogens is 2. The molecular formula is C10H11Cl2N3OS. The molecule has 0 bridgehead atoms. The molecule has 2 aromatic rings. The Morgan fingerprint density at radius 2 is 2.29 bits per heavy atom. The Hall–Kier alpha value is -0.620. The van der Waals surface area contributed by atoms with E-state index in [1.165, 1.54) is 11.3 Å². The maximum atomic E-state index is 6.00. The summed E-state index contributed by atoms with van der Waals surface area (Å²) < 4.78 is 6.26. The van der Waals surface area contributed by atoms with E-state index in [1.807, 2.05) is 0 Å². The molecule has 4 nitrogen and oxygen atoms in total. The lowest BCUT2D eigenvalue weighted by molar-refractivity contribution is 0.413. The average Bonchev–Trinajstić information content (AvgIpc) is 2.85. The van der Waals surface area contributed by atoms with Gasteiger partial charge in [-0.3, -0.25) is 0 Å². The van der Waals surface area contributed by atoms with Crippen LogP contribution < -0.4 is 5.73 Å². The van der Waals surface area contributed by atoms with Crippen LogP contribution in [0.5, 0.6) is 0 Å². The van der Waals surface area contributed by atoms with Crippen LogP contribution in [-0.4, -0.2) is 10.1 Å². The SMILES string of the molecule is CCCC(N)c1noc(-c2cc(Cl)sc2Cl)n1. The fourth-order valence-corrected chi connectivity index (χ4v) is 2.87. The zero-order valence-electron chi connectivity index (χ0n) is 9.11. The Balaban J connectivity index is 2.26. The number of rotatable bonds is 4.